The third-order valence-electron chi connectivity index (χ3n) is 3.38. The number of hydrogen-bond acceptors (Lipinski definition) is 0. The standard InChI is InChI=1S/C11H15Cl/c1-7(2)9-8-4-5-11(3,6-8)10(9)12/h4-5,8-10H,1,6H2,2-3H3. The Kier molecular flexibility index (Phi) is 1.66. The van der Waals surface area contributed by atoms with Gasteiger partial charge in [0, 0.05) is 16.7 Å². The molecule has 0 spiro atoms. The van der Waals surface area contributed by atoms with Gasteiger partial charge >= 0.3 is 0 Å². The third kappa shape index (κ3) is 0.908. The summed E-state index contributed by atoms with van der Waals surface area (Å²) in [6, 6.07) is 0. The lowest BCUT2D eigenvalue weighted by atomic mass is 9.83. The molecule has 0 radical (unpaired) electrons. The Morgan fingerprint density at radius 3 is 2.67 bits per heavy atom. The first kappa shape index (κ1) is 8.37. The van der Waals surface area contributed by atoms with Crippen molar-refractivity contribution in [3.63, 3.8) is 0 Å². The molecule has 12 heavy (non-hydrogen) atoms. The van der Waals surface area contributed by atoms with E-state index in [2.05, 4.69) is 32.6 Å². The first-order valence-corrected chi connectivity index (χ1v) is 4.97. The molecule has 2 aliphatic rings. The van der Waals surface area contributed by atoms with Crippen LogP contribution in [0.25, 0.3) is 0 Å². The average molecular weight is 183 g/mol. The minimum Gasteiger partial charge on any atom is -0.121 e. The van der Waals surface area contributed by atoms with Gasteiger partial charge in [0.05, 0.1) is 0 Å². The largest absolute Gasteiger partial charge is 0.121 e. The van der Waals surface area contributed by atoms with E-state index in [0.717, 1.165) is 0 Å². The second-order valence-electron chi connectivity index (χ2n) is 4.51. The zero-order valence-electron chi connectivity index (χ0n) is 7.68. The molecule has 1 fully saturated rings. The van der Waals surface area contributed by atoms with Crippen LogP contribution < -0.4 is 0 Å². The molecule has 0 heterocycles. The Morgan fingerprint density at radius 1 is 1.67 bits per heavy atom. The molecule has 0 saturated heterocycles. The van der Waals surface area contributed by atoms with Crippen LogP contribution in [0.4, 0.5) is 0 Å². The molecule has 0 aromatic carbocycles. The molecule has 0 nitrogen and oxygen atoms in total. The molecular weight excluding hydrogens is 168 g/mol. The van der Waals surface area contributed by atoms with Crippen molar-refractivity contribution in [1.29, 1.82) is 0 Å². The van der Waals surface area contributed by atoms with E-state index in [4.69, 9.17) is 11.6 Å². The van der Waals surface area contributed by atoms with Gasteiger partial charge in [-0.15, -0.1) is 11.6 Å². The molecule has 0 aliphatic heterocycles. The summed E-state index contributed by atoms with van der Waals surface area (Å²) in [6.45, 7) is 8.37. The van der Waals surface area contributed by atoms with Gasteiger partial charge in [0.25, 0.3) is 0 Å². The Labute approximate surface area is 79.3 Å². The lowest BCUT2D eigenvalue weighted by molar-refractivity contribution is 0.441. The van der Waals surface area contributed by atoms with Crippen molar-refractivity contribution in [2.24, 2.45) is 17.3 Å². The molecule has 2 rings (SSSR count). The van der Waals surface area contributed by atoms with E-state index in [1.165, 1.54) is 12.0 Å². The molecule has 0 aromatic rings. The van der Waals surface area contributed by atoms with Gasteiger partial charge in [0.2, 0.25) is 0 Å². The molecule has 2 bridgehead atoms. The molecule has 66 valence electrons. The fourth-order valence-electron chi connectivity index (χ4n) is 2.68. The van der Waals surface area contributed by atoms with Crippen LogP contribution in [0.1, 0.15) is 20.3 Å². The summed E-state index contributed by atoms with van der Waals surface area (Å²) in [5.74, 6) is 1.18. The molecule has 1 saturated carbocycles. The summed E-state index contributed by atoms with van der Waals surface area (Å²) < 4.78 is 0. The molecule has 0 aromatic heterocycles. The van der Waals surface area contributed by atoms with Gasteiger partial charge in [-0.2, -0.15) is 0 Å². The van der Waals surface area contributed by atoms with Crippen molar-refractivity contribution in [2.75, 3.05) is 0 Å². The van der Waals surface area contributed by atoms with Gasteiger partial charge < -0.3 is 0 Å². The number of halogens is 1. The topological polar surface area (TPSA) is 0 Å². The van der Waals surface area contributed by atoms with Crippen molar-refractivity contribution < 1.29 is 0 Å². The number of hydrogen-bond donors (Lipinski definition) is 0. The molecule has 0 amide bonds. The lowest BCUT2D eigenvalue weighted by Gasteiger charge is -2.28. The van der Waals surface area contributed by atoms with Crippen LogP contribution in [0.3, 0.4) is 0 Å². The quantitative estimate of drug-likeness (QED) is 0.431. The number of rotatable bonds is 1. The number of allylic oxidation sites excluding steroid dienone is 3. The normalized spacial score (nSPS) is 50.1. The predicted molar refractivity (Wildman–Crippen MR) is 53.3 cm³/mol. The van der Waals surface area contributed by atoms with Gasteiger partial charge in [0.15, 0.2) is 0 Å². The van der Waals surface area contributed by atoms with Crippen molar-refractivity contribution in [2.45, 2.75) is 25.6 Å². The lowest BCUT2D eigenvalue weighted by Crippen LogP contribution is -2.26. The van der Waals surface area contributed by atoms with E-state index in [1.54, 1.807) is 0 Å². The van der Waals surface area contributed by atoms with Crippen molar-refractivity contribution >= 4 is 11.6 Å². The maximum absolute atomic E-state index is 6.40. The van der Waals surface area contributed by atoms with Gasteiger partial charge in [-0.05, 0) is 19.3 Å². The molecular formula is C11H15Cl. The highest BCUT2D eigenvalue weighted by Gasteiger charge is 2.51. The second-order valence-corrected chi connectivity index (χ2v) is 4.98. The van der Waals surface area contributed by atoms with E-state index in [0.29, 0.717) is 11.8 Å². The molecule has 2 aliphatic carbocycles. The first-order chi connectivity index (χ1) is 5.54. The maximum atomic E-state index is 6.40. The van der Waals surface area contributed by atoms with E-state index in [-0.39, 0.29) is 10.8 Å². The van der Waals surface area contributed by atoms with Gasteiger partial charge in [-0.25, -0.2) is 0 Å². The van der Waals surface area contributed by atoms with Crippen molar-refractivity contribution in [3.8, 4) is 0 Å². The Balaban J connectivity index is 2.33. The molecule has 4 unspecified atom stereocenters. The minimum absolute atomic E-state index is 0.246. The summed E-state index contributed by atoms with van der Waals surface area (Å²) in [4.78, 5) is 0. The fourth-order valence-corrected chi connectivity index (χ4v) is 3.24. The molecule has 1 heteroatoms. The Hall–Kier alpha value is -0.230. The maximum Gasteiger partial charge on any atom is 0.0495 e. The summed E-state index contributed by atoms with van der Waals surface area (Å²) in [6.07, 6.45) is 5.83. The van der Waals surface area contributed by atoms with Crippen LogP contribution in [0.15, 0.2) is 24.3 Å². The summed E-state index contributed by atoms with van der Waals surface area (Å²) in [5, 5.41) is 0.269. The third-order valence-corrected chi connectivity index (χ3v) is 4.15. The van der Waals surface area contributed by atoms with E-state index in [1.807, 2.05) is 0 Å². The average Bonchev–Trinajstić information content (AvgIpc) is 2.41. The predicted octanol–water partition coefficient (Wildman–Crippen LogP) is 3.38. The van der Waals surface area contributed by atoms with E-state index >= 15 is 0 Å². The zero-order chi connectivity index (χ0) is 8.93. The van der Waals surface area contributed by atoms with E-state index in [9.17, 15) is 0 Å². The summed E-state index contributed by atoms with van der Waals surface area (Å²) in [7, 11) is 0. The van der Waals surface area contributed by atoms with Crippen LogP contribution in [0.2, 0.25) is 0 Å². The van der Waals surface area contributed by atoms with Crippen LogP contribution in [0, 0.1) is 17.3 Å². The van der Waals surface area contributed by atoms with Crippen LogP contribution >= 0.6 is 11.6 Å². The monoisotopic (exact) mass is 182 g/mol. The highest BCUT2D eigenvalue weighted by molar-refractivity contribution is 6.22. The fraction of sp³-hybridized carbons (Fsp3) is 0.636. The Bertz CT molecular complexity index is 254. The number of fused-ring (bicyclic) bond motifs is 2. The minimum atomic E-state index is 0.246. The van der Waals surface area contributed by atoms with E-state index < -0.39 is 0 Å². The highest BCUT2D eigenvalue weighted by Crippen LogP contribution is 2.56. The highest BCUT2D eigenvalue weighted by atomic mass is 35.5. The van der Waals surface area contributed by atoms with Crippen molar-refractivity contribution in [3.05, 3.63) is 24.3 Å². The second kappa shape index (κ2) is 2.38. The molecule has 4 atom stereocenters. The van der Waals surface area contributed by atoms with Gasteiger partial charge in [-0.3, -0.25) is 0 Å². The van der Waals surface area contributed by atoms with Gasteiger partial charge in [0.1, 0.15) is 0 Å². The van der Waals surface area contributed by atoms with Crippen molar-refractivity contribution in [1.82, 2.24) is 0 Å². The smallest absolute Gasteiger partial charge is 0.0495 e. The van der Waals surface area contributed by atoms with Crippen LogP contribution in [-0.2, 0) is 0 Å². The van der Waals surface area contributed by atoms with Crippen LogP contribution in [-0.4, -0.2) is 5.38 Å². The summed E-state index contributed by atoms with van der Waals surface area (Å²) >= 11 is 6.40. The number of alkyl halides is 1. The Morgan fingerprint density at radius 2 is 2.33 bits per heavy atom. The summed E-state index contributed by atoms with van der Waals surface area (Å²) in [5.41, 5.74) is 1.49. The SMILES string of the molecule is C=C(C)C1C2C=CC(C)(C2)C1Cl. The molecule has 0 N–H and O–H groups in total. The van der Waals surface area contributed by atoms with Gasteiger partial charge in [-0.1, -0.05) is 31.2 Å². The zero-order valence-corrected chi connectivity index (χ0v) is 8.43. The van der Waals surface area contributed by atoms with Crippen LogP contribution in [0.5, 0.6) is 0 Å². The first-order valence-electron chi connectivity index (χ1n) is 4.53.